The maximum absolute atomic E-state index is 10.6. The van der Waals surface area contributed by atoms with E-state index in [4.69, 9.17) is 22.4 Å². The number of imidazole rings is 1. The summed E-state index contributed by atoms with van der Waals surface area (Å²) in [5.41, 5.74) is 6.12. The Hall–Kier alpha value is -1.66. The molecule has 0 fully saturated rings. The van der Waals surface area contributed by atoms with Gasteiger partial charge < -0.3 is 10.8 Å². The molecule has 7 heteroatoms. The Balaban J connectivity index is 2.32. The fraction of sp³-hybridized carbons (Fsp3) is 0.222. The maximum Gasteiger partial charge on any atom is 0.320 e. The number of aromatic nitrogens is 3. The number of hydrogen-bond acceptors (Lipinski definition) is 4. The molecule has 16 heavy (non-hydrogen) atoms. The Kier molecular flexibility index (Phi) is 2.76. The molecule has 0 aliphatic carbocycles. The third-order valence-electron chi connectivity index (χ3n) is 2.15. The first-order valence-corrected chi connectivity index (χ1v) is 4.91. The molecule has 84 valence electrons. The van der Waals surface area contributed by atoms with Crippen molar-refractivity contribution >= 4 is 23.3 Å². The van der Waals surface area contributed by atoms with Crippen LogP contribution in [0.1, 0.15) is 5.56 Å². The average Bonchev–Trinajstić information content (AvgIpc) is 2.60. The van der Waals surface area contributed by atoms with Gasteiger partial charge in [0.1, 0.15) is 11.2 Å². The molecule has 0 bridgehead atoms. The van der Waals surface area contributed by atoms with E-state index < -0.39 is 12.0 Å². The van der Waals surface area contributed by atoms with Gasteiger partial charge in [-0.15, -0.1) is 0 Å². The zero-order valence-corrected chi connectivity index (χ0v) is 8.92. The van der Waals surface area contributed by atoms with E-state index in [-0.39, 0.29) is 6.42 Å². The fourth-order valence-electron chi connectivity index (χ4n) is 1.33. The molecule has 0 spiro atoms. The summed E-state index contributed by atoms with van der Waals surface area (Å²) in [7, 11) is 0. The molecule has 2 heterocycles. The SMILES string of the molecule is NC(Cc1cnc2ncc(Cl)n2c1)C(=O)O. The van der Waals surface area contributed by atoms with E-state index in [1.54, 1.807) is 16.8 Å². The summed E-state index contributed by atoms with van der Waals surface area (Å²) in [5, 5.41) is 9.10. The summed E-state index contributed by atoms with van der Waals surface area (Å²) >= 11 is 5.86. The van der Waals surface area contributed by atoms with E-state index in [1.807, 2.05) is 0 Å². The van der Waals surface area contributed by atoms with Gasteiger partial charge in [-0.2, -0.15) is 0 Å². The normalized spacial score (nSPS) is 12.9. The minimum atomic E-state index is -1.04. The van der Waals surface area contributed by atoms with E-state index in [1.165, 1.54) is 6.20 Å². The lowest BCUT2D eigenvalue weighted by molar-refractivity contribution is -0.138. The van der Waals surface area contributed by atoms with Crippen LogP contribution in [0.5, 0.6) is 0 Å². The molecule has 1 unspecified atom stereocenters. The maximum atomic E-state index is 10.6. The molecule has 0 amide bonds. The Bertz CT molecular complexity index is 539. The van der Waals surface area contributed by atoms with Crippen LogP contribution in [0.25, 0.3) is 5.78 Å². The van der Waals surface area contributed by atoms with Gasteiger partial charge in [0.05, 0.1) is 6.20 Å². The number of rotatable bonds is 3. The first-order valence-electron chi connectivity index (χ1n) is 4.54. The third kappa shape index (κ3) is 1.98. The van der Waals surface area contributed by atoms with Crippen LogP contribution in [0, 0.1) is 0 Å². The van der Waals surface area contributed by atoms with Gasteiger partial charge in [0.25, 0.3) is 0 Å². The van der Waals surface area contributed by atoms with Gasteiger partial charge in [0.2, 0.25) is 5.78 Å². The molecule has 6 nitrogen and oxygen atoms in total. The summed E-state index contributed by atoms with van der Waals surface area (Å²) in [6.07, 6.45) is 4.90. The van der Waals surface area contributed by atoms with E-state index in [9.17, 15) is 4.79 Å². The number of carboxylic acid groups (broad SMARTS) is 1. The molecule has 3 N–H and O–H groups in total. The van der Waals surface area contributed by atoms with Gasteiger partial charge in [0.15, 0.2) is 0 Å². The van der Waals surface area contributed by atoms with Crippen molar-refractivity contribution in [2.45, 2.75) is 12.5 Å². The Morgan fingerprint density at radius 3 is 2.94 bits per heavy atom. The number of halogens is 1. The summed E-state index contributed by atoms with van der Waals surface area (Å²) < 4.78 is 1.57. The number of hydrogen-bond donors (Lipinski definition) is 2. The van der Waals surface area contributed by atoms with Crippen LogP contribution in [0.3, 0.4) is 0 Å². The standard InChI is InChI=1S/C9H9ClN4O2/c10-7-3-13-9-12-2-5(4-14(7)9)1-6(11)8(15)16/h2-4,6H,1,11H2,(H,15,16). The van der Waals surface area contributed by atoms with Gasteiger partial charge in [-0.1, -0.05) is 11.6 Å². The van der Waals surface area contributed by atoms with E-state index in [0.29, 0.717) is 16.5 Å². The predicted octanol–water partition coefficient (Wildman–Crippen LogP) is 0.337. The highest BCUT2D eigenvalue weighted by Gasteiger charge is 2.13. The van der Waals surface area contributed by atoms with Crippen LogP contribution in [0.4, 0.5) is 0 Å². The molecule has 2 aromatic rings. The lowest BCUT2D eigenvalue weighted by Crippen LogP contribution is -2.32. The average molecular weight is 241 g/mol. The second-order valence-electron chi connectivity index (χ2n) is 3.36. The van der Waals surface area contributed by atoms with E-state index in [2.05, 4.69) is 9.97 Å². The largest absolute Gasteiger partial charge is 0.480 e. The third-order valence-corrected chi connectivity index (χ3v) is 2.43. The summed E-state index contributed by atoms with van der Waals surface area (Å²) in [5.74, 6) is -0.575. The van der Waals surface area contributed by atoms with Crippen molar-refractivity contribution in [3.63, 3.8) is 0 Å². The Morgan fingerprint density at radius 1 is 1.56 bits per heavy atom. The number of nitrogens with two attached hydrogens (primary N) is 1. The second kappa shape index (κ2) is 4.07. The summed E-state index contributed by atoms with van der Waals surface area (Å²) in [4.78, 5) is 18.6. The van der Waals surface area contributed by atoms with Gasteiger partial charge in [-0.25, -0.2) is 9.97 Å². The van der Waals surface area contributed by atoms with Crippen molar-refractivity contribution < 1.29 is 9.90 Å². The van der Waals surface area contributed by atoms with Crippen molar-refractivity contribution in [1.29, 1.82) is 0 Å². The lowest BCUT2D eigenvalue weighted by Gasteiger charge is -2.06. The minimum Gasteiger partial charge on any atom is -0.480 e. The molecule has 0 aromatic carbocycles. The second-order valence-corrected chi connectivity index (χ2v) is 3.75. The quantitative estimate of drug-likeness (QED) is 0.807. The zero-order chi connectivity index (χ0) is 11.7. The van der Waals surface area contributed by atoms with Crippen LogP contribution in [0.15, 0.2) is 18.6 Å². The lowest BCUT2D eigenvalue weighted by atomic mass is 10.1. The first kappa shape index (κ1) is 10.8. The van der Waals surface area contributed by atoms with Crippen molar-refractivity contribution in [2.24, 2.45) is 5.73 Å². The molecule has 0 radical (unpaired) electrons. The summed E-state index contributed by atoms with van der Waals surface area (Å²) in [6.45, 7) is 0. The highest BCUT2D eigenvalue weighted by molar-refractivity contribution is 6.29. The minimum absolute atomic E-state index is 0.201. The Morgan fingerprint density at radius 2 is 2.25 bits per heavy atom. The van der Waals surface area contributed by atoms with E-state index >= 15 is 0 Å². The van der Waals surface area contributed by atoms with Gasteiger partial charge in [0, 0.05) is 18.8 Å². The molecule has 0 aliphatic rings. The number of carbonyl (C=O) groups is 1. The number of fused-ring (bicyclic) bond motifs is 1. The molecular formula is C9H9ClN4O2. The van der Waals surface area contributed by atoms with Crippen molar-refractivity contribution in [3.05, 3.63) is 29.3 Å². The molecule has 0 saturated carbocycles. The van der Waals surface area contributed by atoms with Crippen LogP contribution in [-0.2, 0) is 11.2 Å². The number of aliphatic carboxylic acids is 1. The van der Waals surface area contributed by atoms with Crippen molar-refractivity contribution in [1.82, 2.24) is 14.4 Å². The van der Waals surface area contributed by atoms with Crippen LogP contribution in [0.2, 0.25) is 5.15 Å². The molecule has 0 aliphatic heterocycles. The highest BCUT2D eigenvalue weighted by atomic mass is 35.5. The van der Waals surface area contributed by atoms with Crippen LogP contribution < -0.4 is 5.73 Å². The van der Waals surface area contributed by atoms with E-state index in [0.717, 1.165) is 0 Å². The smallest absolute Gasteiger partial charge is 0.320 e. The first-order chi connectivity index (χ1) is 7.58. The highest BCUT2D eigenvalue weighted by Crippen LogP contribution is 2.11. The van der Waals surface area contributed by atoms with Gasteiger partial charge >= 0.3 is 5.97 Å². The van der Waals surface area contributed by atoms with Gasteiger partial charge in [-0.05, 0) is 5.56 Å². The van der Waals surface area contributed by atoms with Crippen LogP contribution >= 0.6 is 11.6 Å². The fourth-order valence-corrected chi connectivity index (χ4v) is 1.51. The molecule has 1 atom stereocenters. The van der Waals surface area contributed by atoms with Crippen LogP contribution in [-0.4, -0.2) is 31.5 Å². The molecule has 2 aromatic heterocycles. The van der Waals surface area contributed by atoms with Crippen molar-refractivity contribution in [3.8, 4) is 0 Å². The van der Waals surface area contributed by atoms with Crippen molar-refractivity contribution in [2.75, 3.05) is 0 Å². The Labute approximate surface area is 95.7 Å². The number of carboxylic acids is 1. The molecule has 2 rings (SSSR count). The molecule has 0 saturated heterocycles. The topological polar surface area (TPSA) is 93.5 Å². The number of nitrogens with zero attached hydrogens (tertiary/aromatic N) is 3. The molecular weight excluding hydrogens is 232 g/mol. The monoisotopic (exact) mass is 240 g/mol. The predicted molar refractivity (Wildman–Crippen MR) is 57.3 cm³/mol. The summed E-state index contributed by atoms with van der Waals surface area (Å²) in [6, 6.07) is -0.943. The zero-order valence-electron chi connectivity index (χ0n) is 8.17. The van der Waals surface area contributed by atoms with Gasteiger partial charge in [-0.3, -0.25) is 9.20 Å².